The van der Waals surface area contributed by atoms with Gasteiger partial charge < -0.3 is 5.32 Å². The summed E-state index contributed by atoms with van der Waals surface area (Å²) >= 11 is 0. The molecule has 1 unspecified atom stereocenters. The zero-order valence-electron chi connectivity index (χ0n) is 12.8. The molecule has 3 rings (SSSR count). The molecule has 0 aliphatic rings. The highest BCUT2D eigenvalue weighted by Crippen LogP contribution is 2.30. The summed E-state index contributed by atoms with van der Waals surface area (Å²) in [5.41, 5.74) is 1.09. The molecule has 0 saturated heterocycles. The number of nitrogens with one attached hydrogen (secondary N) is 1. The molecule has 0 fully saturated rings. The van der Waals surface area contributed by atoms with Gasteiger partial charge in [0, 0.05) is 18.6 Å². The largest absolute Gasteiger partial charge is 0.417 e. The van der Waals surface area contributed by atoms with Crippen LogP contribution in [0.4, 0.5) is 19.0 Å². The predicted molar refractivity (Wildman–Crippen MR) is 84.8 cm³/mol. The summed E-state index contributed by atoms with van der Waals surface area (Å²) in [6.07, 6.45) is -0.0352. The van der Waals surface area contributed by atoms with Gasteiger partial charge >= 0.3 is 6.18 Å². The highest BCUT2D eigenvalue weighted by molar-refractivity contribution is 5.47. The van der Waals surface area contributed by atoms with E-state index < -0.39 is 11.7 Å². The quantitative estimate of drug-likeness (QED) is 0.767. The Balaban J connectivity index is 1.82. The molecule has 0 aliphatic heterocycles. The van der Waals surface area contributed by atoms with Gasteiger partial charge in [0.1, 0.15) is 5.82 Å². The summed E-state index contributed by atoms with van der Waals surface area (Å²) in [5, 5.41) is 7.34. The fraction of sp³-hybridized carbons (Fsp3) is 0.176. The van der Waals surface area contributed by atoms with E-state index in [4.69, 9.17) is 0 Å². The fourth-order valence-corrected chi connectivity index (χ4v) is 2.42. The van der Waals surface area contributed by atoms with E-state index in [0.717, 1.165) is 23.5 Å². The minimum Gasteiger partial charge on any atom is -0.363 e. The number of anilines is 1. The number of nitrogens with zero attached hydrogens (tertiary/aromatic N) is 3. The highest BCUT2D eigenvalue weighted by Gasteiger charge is 2.30. The molecule has 0 radical (unpaired) electrons. The Morgan fingerprint density at radius 3 is 2.50 bits per heavy atom. The Morgan fingerprint density at radius 1 is 1.08 bits per heavy atom. The van der Waals surface area contributed by atoms with Crippen LogP contribution in [-0.2, 0) is 6.18 Å². The van der Waals surface area contributed by atoms with Gasteiger partial charge in [0.2, 0.25) is 0 Å². The third-order valence-corrected chi connectivity index (χ3v) is 3.61. The maximum absolute atomic E-state index is 12.6. The van der Waals surface area contributed by atoms with Gasteiger partial charge in [0.25, 0.3) is 0 Å². The molecule has 2 aromatic heterocycles. The van der Waals surface area contributed by atoms with Gasteiger partial charge in [0.15, 0.2) is 0 Å². The van der Waals surface area contributed by atoms with E-state index in [2.05, 4.69) is 15.4 Å². The van der Waals surface area contributed by atoms with Gasteiger partial charge in [-0.2, -0.15) is 18.3 Å². The van der Waals surface area contributed by atoms with Crippen LogP contribution in [0.5, 0.6) is 0 Å². The van der Waals surface area contributed by atoms with Crippen molar-refractivity contribution in [2.24, 2.45) is 0 Å². The van der Waals surface area contributed by atoms with Gasteiger partial charge in [-0.1, -0.05) is 18.2 Å². The van der Waals surface area contributed by atoms with E-state index in [9.17, 15) is 13.2 Å². The molecule has 0 spiro atoms. The van der Waals surface area contributed by atoms with Crippen LogP contribution in [-0.4, -0.2) is 14.8 Å². The molecular weight excluding hydrogens is 317 g/mol. The molecule has 0 amide bonds. The third-order valence-electron chi connectivity index (χ3n) is 3.61. The first-order valence-corrected chi connectivity index (χ1v) is 7.34. The molecule has 2 heterocycles. The van der Waals surface area contributed by atoms with E-state index in [1.54, 1.807) is 10.9 Å². The molecule has 4 nitrogen and oxygen atoms in total. The van der Waals surface area contributed by atoms with E-state index in [-0.39, 0.29) is 6.04 Å². The van der Waals surface area contributed by atoms with Crippen LogP contribution in [0.1, 0.15) is 24.1 Å². The number of rotatable bonds is 4. The van der Waals surface area contributed by atoms with Crippen molar-refractivity contribution >= 4 is 5.82 Å². The average molecular weight is 332 g/mol. The first kappa shape index (κ1) is 16.0. The lowest BCUT2D eigenvalue weighted by atomic mass is 10.1. The molecule has 24 heavy (non-hydrogen) atoms. The monoisotopic (exact) mass is 332 g/mol. The van der Waals surface area contributed by atoms with Crippen molar-refractivity contribution in [2.45, 2.75) is 19.1 Å². The van der Waals surface area contributed by atoms with Gasteiger partial charge in [-0.25, -0.2) is 9.67 Å². The molecule has 3 aromatic rings. The molecule has 0 aliphatic carbocycles. The number of halogens is 3. The van der Waals surface area contributed by atoms with Crippen LogP contribution in [0.2, 0.25) is 0 Å². The summed E-state index contributed by atoms with van der Waals surface area (Å²) in [6, 6.07) is 11.7. The number of hydrogen-bond donors (Lipinski definition) is 1. The topological polar surface area (TPSA) is 42.7 Å². The minimum absolute atomic E-state index is 0.158. The summed E-state index contributed by atoms with van der Waals surface area (Å²) < 4.78 is 39.5. The van der Waals surface area contributed by atoms with E-state index in [1.807, 2.05) is 43.5 Å². The smallest absolute Gasteiger partial charge is 0.363 e. The van der Waals surface area contributed by atoms with Crippen molar-refractivity contribution in [3.8, 4) is 5.69 Å². The summed E-state index contributed by atoms with van der Waals surface area (Å²) in [5.74, 6) is 0.380. The lowest BCUT2D eigenvalue weighted by molar-refractivity contribution is -0.137. The second-order valence-corrected chi connectivity index (χ2v) is 5.31. The van der Waals surface area contributed by atoms with Crippen LogP contribution < -0.4 is 5.32 Å². The maximum atomic E-state index is 12.6. The van der Waals surface area contributed by atoms with Crippen molar-refractivity contribution in [1.82, 2.24) is 14.8 Å². The molecule has 1 atom stereocenters. The predicted octanol–water partition coefficient (Wildman–Crippen LogP) is 4.46. The zero-order valence-corrected chi connectivity index (χ0v) is 12.8. The van der Waals surface area contributed by atoms with Gasteiger partial charge in [-0.05, 0) is 36.8 Å². The highest BCUT2D eigenvalue weighted by atomic mass is 19.4. The van der Waals surface area contributed by atoms with Crippen LogP contribution in [0.3, 0.4) is 0 Å². The average Bonchev–Trinajstić information content (AvgIpc) is 3.09. The standard InChI is InChI=1S/C17H15F3N4/c1-12(23-16-8-7-13(11-21-16)17(18,19)20)14-5-2-3-6-15(14)24-10-4-9-22-24/h2-12H,1H3,(H,21,23). The second kappa shape index (κ2) is 6.35. The Bertz CT molecular complexity index is 795. The third kappa shape index (κ3) is 3.40. The number of para-hydroxylation sites is 1. The van der Waals surface area contributed by atoms with Crippen LogP contribution in [0, 0.1) is 0 Å². The Morgan fingerprint density at radius 2 is 1.88 bits per heavy atom. The lowest BCUT2D eigenvalue weighted by Crippen LogP contribution is -2.12. The molecule has 124 valence electrons. The molecule has 0 bridgehead atoms. The SMILES string of the molecule is CC(Nc1ccc(C(F)(F)F)cn1)c1ccccc1-n1cccn1. The molecule has 7 heteroatoms. The molecule has 0 saturated carbocycles. The van der Waals surface area contributed by atoms with Crippen molar-refractivity contribution in [1.29, 1.82) is 0 Å². The maximum Gasteiger partial charge on any atom is 0.417 e. The molecule has 1 aromatic carbocycles. The van der Waals surface area contributed by atoms with E-state index in [1.165, 1.54) is 6.07 Å². The van der Waals surface area contributed by atoms with E-state index in [0.29, 0.717) is 5.82 Å². The van der Waals surface area contributed by atoms with Gasteiger partial charge in [0.05, 0.1) is 17.3 Å². The number of alkyl halides is 3. The Hall–Kier alpha value is -2.83. The van der Waals surface area contributed by atoms with Crippen LogP contribution in [0.25, 0.3) is 5.69 Å². The first-order valence-electron chi connectivity index (χ1n) is 7.34. The second-order valence-electron chi connectivity index (χ2n) is 5.31. The number of hydrogen-bond acceptors (Lipinski definition) is 3. The van der Waals surface area contributed by atoms with Crippen LogP contribution >= 0.6 is 0 Å². The van der Waals surface area contributed by atoms with Crippen molar-refractivity contribution < 1.29 is 13.2 Å². The van der Waals surface area contributed by atoms with E-state index >= 15 is 0 Å². The number of benzene rings is 1. The lowest BCUT2D eigenvalue weighted by Gasteiger charge is -2.18. The van der Waals surface area contributed by atoms with Crippen molar-refractivity contribution in [3.63, 3.8) is 0 Å². The number of pyridine rings is 1. The number of aromatic nitrogens is 3. The van der Waals surface area contributed by atoms with Gasteiger partial charge in [-0.3, -0.25) is 0 Å². The van der Waals surface area contributed by atoms with Crippen LogP contribution in [0.15, 0.2) is 61.1 Å². The molecule has 1 N–H and O–H groups in total. The summed E-state index contributed by atoms with van der Waals surface area (Å²) in [7, 11) is 0. The zero-order chi connectivity index (χ0) is 17.2. The van der Waals surface area contributed by atoms with Crippen molar-refractivity contribution in [2.75, 3.05) is 5.32 Å². The summed E-state index contributed by atoms with van der Waals surface area (Å²) in [6.45, 7) is 1.92. The Labute approximate surface area is 137 Å². The first-order chi connectivity index (χ1) is 11.4. The van der Waals surface area contributed by atoms with Crippen molar-refractivity contribution in [3.05, 3.63) is 72.2 Å². The minimum atomic E-state index is -4.39. The summed E-state index contributed by atoms with van der Waals surface area (Å²) in [4.78, 5) is 3.85. The normalized spacial score (nSPS) is 12.8. The fourth-order valence-electron chi connectivity index (χ4n) is 2.42. The molecular formula is C17H15F3N4. The Kier molecular flexibility index (Phi) is 4.24. The van der Waals surface area contributed by atoms with Gasteiger partial charge in [-0.15, -0.1) is 0 Å².